The van der Waals surface area contributed by atoms with E-state index in [0.29, 0.717) is 0 Å². The molecule has 0 aliphatic carbocycles. The van der Waals surface area contributed by atoms with Crippen LogP contribution in [0, 0.1) is 0 Å². The van der Waals surface area contributed by atoms with Gasteiger partial charge in [0, 0.05) is 13.1 Å². The summed E-state index contributed by atoms with van der Waals surface area (Å²) in [6, 6.07) is 17.7. The number of rotatable bonds is 27. The van der Waals surface area contributed by atoms with Gasteiger partial charge in [0.1, 0.15) is 0 Å². The molecular formula is C32H58N8. The number of nitrogens with one attached hydrogen (secondary N) is 6. The highest BCUT2D eigenvalue weighted by Gasteiger charge is 2.04. The van der Waals surface area contributed by atoms with Crippen molar-refractivity contribution in [3.05, 3.63) is 59.7 Å². The minimum atomic E-state index is 0.765. The van der Waals surface area contributed by atoms with Gasteiger partial charge in [0.2, 0.25) is 0 Å². The summed E-state index contributed by atoms with van der Waals surface area (Å²) in [4.78, 5) is 0. The summed E-state index contributed by atoms with van der Waals surface area (Å²) in [7, 11) is 0. The van der Waals surface area contributed by atoms with Crippen molar-refractivity contribution in [3.63, 3.8) is 0 Å². The Morgan fingerprint density at radius 3 is 1.18 bits per heavy atom. The molecule has 0 aromatic heterocycles. The largest absolute Gasteiger partial charge is 0.330 e. The van der Waals surface area contributed by atoms with Crippen LogP contribution in [0.1, 0.15) is 49.7 Å². The summed E-state index contributed by atoms with van der Waals surface area (Å²) >= 11 is 0. The van der Waals surface area contributed by atoms with Crippen LogP contribution in [0.25, 0.3) is 11.1 Å². The van der Waals surface area contributed by atoms with Crippen LogP contribution in [-0.4, -0.2) is 78.5 Å². The van der Waals surface area contributed by atoms with Gasteiger partial charge in [-0.1, -0.05) is 36.4 Å². The van der Waals surface area contributed by atoms with Gasteiger partial charge in [-0.15, -0.1) is 0 Å². The molecule has 40 heavy (non-hydrogen) atoms. The van der Waals surface area contributed by atoms with E-state index in [2.05, 4.69) is 80.4 Å². The van der Waals surface area contributed by atoms with Crippen LogP contribution in [0.5, 0.6) is 0 Å². The molecule has 0 saturated heterocycles. The molecule has 0 amide bonds. The van der Waals surface area contributed by atoms with Gasteiger partial charge in [0.15, 0.2) is 0 Å². The number of hydrogen-bond acceptors (Lipinski definition) is 8. The van der Waals surface area contributed by atoms with E-state index in [1.54, 1.807) is 0 Å². The molecule has 2 aromatic rings. The Labute approximate surface area is 244 Å². The molecule has 0 fully saturated rings. The molecule has 0 bridgehead atoms. The van der Waals surface area contributed by atoms with Crippen molar-refractivity contribution in [1.29, 1.82) is 0 Å². The molecule has 0 unspecified atom stereocenters. The number of nitrogens with two attached hydrogens (primary N) is 2. The standard InChI is InChI=1S/C32H58N8/c33-12-4-14-35-16-6-18-37-20-8-22-39-27-29-24-30(26-32(25-29)31-10-2-1-3-11-31)28-40-23-9-21-38-19-7-17-36-15-5-13-34/h1-3,10-11,24-26,35-40H,4-9,12-23,27-28,33-34H2. The maximum absolute atomic E-state index is 5.52. The zero-order valence-corrected chi connectivity index (χ0v) is 24.9. The van der Waals surface area contributed by atoms with Gasteiger partial charge in [0.05, 0.1) is 0 Å². The Balaban J connectivity index is 1.64. The van der Waals surface area contributed by atoms with E-state index in [1.807, 2.05) is 0 Å². The van der Waals surface area contributed by atoms with E-state index in [4.69, 9.17) is 11.5 Å². The zero-order valence-electron chi connectivity index (χ0n) is 24.9. The molecule has 8 heteroatoms. The van der Waals surface area contributed by atoms with Crippen LogP contribution in [-0.2, 0) is 13.1 Å². The summed E-state index contributed by atoms with van der Waals surface area (Å²) < 4.78 is 0. The van der Waals surface area contributed by atoms with Gasteiger partial charge in [-0.2, -0.15) is 0 Å². The molecule has 0 radical (unpaired) electrons. The summed E-state index contributed by atoms with van der Waals surface area (Å²) in [6.07, 6.45) is 6.69. The van der Waals surface area contributed by atoms with Crippen LogP contribution in [0.4, 0.5) is 0 Å². The highest BCUT2D eigenvalue weighted by atomic mass is 14.9. The van der Waals surface area contributed by atoms with E-state index in [9.17, 15) is 0 Å². The molecule has 0 aliphatic heterocycles. The van der Waals surface area contributed by atoms with Gasteiger partial charge in [-0.05, 0) is 151 Å². The molecule has 226 valence electrons. The quantitative estimate of drug-likeness (QED) is 0.0791. The molecule has 2 aromatic carbocycles. The third-order valence-electron chi connectivity index (χ3n) is 6.76. The van der Waals surface area contributed by atoms with E-state index in [-0.39, 0.29) is 0 Å². The average Bonchev–Trinajstić information content (AvgIpc) is 2.98. The zero-order chi connectivity index (χ0) is 28.4. The fourth-order valence-corrected chi connectivity index (χ4v) is 4.54. The third kappa shape index (κ3) is 17.7. The Kier molecular flexibility index (Phi) is 21.3. The lowest BCUT2D eigenvalue weighted by Gasteiger charge is -2.13. The molecule has 0 heterocycles. The number of benzene rings is 2. The van der Waals surface area contributed by atoms with Crippen LogP contribution in [0.15, 0.2) is 48.5 Å². The second kappa shape index (κ2) is 24.9. The Hall–Kier alpha value is -1.88. The van der Waals surface area contributed by atoms with E-state index < -0.39 is 0 Å². The van der Waals surface area contributed by atoms with Gasteiger partial charge in [0.25, 0.3) is 0 Å². The van der Waals surface area contributed by atoms with E-state index in [0.717, 1.165) is 130 Å². The van der Waals surface area contributed by atoms with Crippen molar-refractivity contribution in [3.8, 4) is 11.1 Å². The Morgan fingerprint density at radius 2 is 0.775 bits per heavy atom. The van der Waals surface area contributed by atoms with E-state index in [1.165, 1.54) is 22.3 Å². The fourth-order valence-electron chi connectivity index (χ4n) is 4.54. The molecule has 8 nitrogen and oxygen atoms in total. The van der Waals surface area contributed by atoms with Crippen LogP contribution in [0.2, 0.25) is 0 Å². The summed E-state index contributed by atoms with van der Waals surface area (Å²) in [5.74, 6) is 0. The normalized spacial score (nSPS) is 11.3. The molecule has 10 N–H and O–H groups in total. The first-order valence-corrected chi connectivity index (χ1v) is 15.7. The first kappa shape index (κ1) is 34.3. The first-order chi connectivity index (χ1) is 19.8. The molecule has 0 aliphatic rings. The predicted molar refractivity (Wildman–Crippen MR) is 173 cm³/mol. The second-order valence-electron chi connectivity index (χ2n) is 10.5. The first-order valence-electron chi connectivity index (χ1n) is 15.7. The van der Waals surface area contributed by atoms with Crippen molar-refractivity contribution in [2.45, 2.75) is 51.6 Å². The monoisotopic (exact) mass is 554 g/mol. The van der Waals surface area contributed by atoms with Crippen LogP contribution in [0.3, 0.4) is 0 Å². The molecule has 0 spiro atoms. The van der Waals surface area contributed by atoms with Crippen molar-refractivity contribution in [2.24, 2.45) is 11.5 Å². The third-order valence-corrected chi connectivity index (χ3v) is 6.76. The SMILES string of the molecule is NCCCNCCCNCCCNCc1cc(CNCCCNCCCNCCCN)cc(-c2ccccc2)c1. The van der Waals surface area contributed by atoms with Gasteiger partial charge >= 0.3 is 0 Å². The lowest BCUT2D eigenvalue weighted by Crippen LogP contribution is -2.26. The van der Waals surface area contributed by atoms with Gasteiger partial charge in [-0.3, -0.25) is 0 Å². The van der Waals surface area contributed by atoms with Crippen LogP contribution < -0.4 is 43.4 Å². The lowest BCUT2D eigenvalue weighted by atomic mass is 9.99. The molecule has 0 saturated carbocycles. The highest BCUT2D eigenvalue weighted by Crippen LogP contribution is 2.22. The summed E-state index contributed by atoms with van der Waals surface area (Å²) in [5.41, 5.74) is 16.3. The van der Waals surface area contributed by atoms with Crippen molar-refractivity contribution >= 4 is 0 Å². The van der Waals surface area contributed by atoms with Gasteiger partial charge in [-0.25, -0.2) is 0 Å². The number of hydrogen-bond donors (Lipinski definition) is 8. The predicted octanol–water partition coefficient (Wildman–Crippen LogP) is 2.15. The fraction of sp³-hybridized carbons (Fsp3) is 0.625. The second-order valence-corrected chi connectivity index (χ2v) is 10.5. The Bertz CT molecular complexity index is 787. The van der Waals surface area contributed by atoms with Gasteiger partial charge < -0.3 is 43.4 Å². The highest BCUT2D eigenvalue weighted by molar-refractivity contribution is 5.65. The maximum atomic E-state index is 5.52. The Morgan fingerprint density at radius 1 is 0.400 bits per heavy atom. The van der Waals surface area contributed by atoms with Crippen molar-refractivity contribution in [2.75, 3.05) is 78.5 Å². The summed E-state index contributed by atoms with van der Waals surface area (Å²) in [6.45, 7) is 13.7. The minimum absolute atomic E-state index is 0.765. The van der Waals surface area contributed by atoms with Crippen molar-refractivity contribution in [1.82, 2.24) is 31.9 Å². The van der Waals surface area contributed by atoms with Crippen LogP contribution >= 0.6 is 0 Å². The summed E-state index contributed by atoms with van der Waals surface area (Å²) in [5, 5.41) is 21.2. The lowest BCUT2D eigenvalue weighted by molar-refractivity contribution is 0.560. The van der Waals surface area contributed by atoms with E-state index >= 15 is 0 Å². The molecule has 2 rings (SSSR count). The topological polar surface area (TPSA) is 124 Å². The van der Waals surface area contributed by atoms with Crippen molar-refractivity contribution < 1.29 is 0 Å². The molecular weight excluding hydrogens is 496 g/mol. The average molecular weight is 555 g/mol. The molecule has 0 atom stereocenters. The smallest absolute Gasteiger partial charge is 0.0205 e. The maximum Gasteiger partial charge on any atom is 0.0205 e. The minimum Gasteiger partial charge on any atom is -0.330 e.